The number of urea groups is 1. The Labute approximate surface area is 149 Å². The number of carbonyl (C=O) groups is 2. The summed E-state index contributed by atoms with van der Waals surface area (Å²) in [6, 6.07) is 8.40. The zero-order valence-corrected chi connectivity index (χ0v) is 15.3. The third-order valence-corrected chi connectivity index (χ3v) is 4.90. The lowest BCUT2D eigenvalue weighted by Gasteiger charge is -2.42. The molecular formula is C19H29N3O3. The van der Waals surface area contributed by atoms with Crippen LogP contribution in [0.1, 0.15) is 50.3 Å². The first-order valence-corrected chi connectivity index (χ1v) is 9.02. The average molecular weight is 347 g/mol. The molecule has 25 heavy (non-hydrogen) atoms. The first-order valence-electron chi connectivity index (χ1n) is 9.02. The van der Waals surface area contributed by atoms with Gasteiger partial charge >= 0.3 is 12.0 Å². The van der Waals surface area contributed by atoms with Crippen LogP contribution in [0, 0.1) is 6.92 Å². The van der Waals surface area contributed by atoms with E-state index in [1.165, 1.54) is 5.56 Å². The van der Waals surface area contributed by atoms with Gasteiger partial charge in [0, 0.05) is 12.1 Å². The Morgan fingerprint density at radius 2 is 1.88 bits per heavy atom. The number of rotatable bonds is 8. The van der Waals surface area contributed by atoms with Gasteiger partial charge in [0.15, 0.2) is 0 Å². The van der Waals surface area contributed by atoms with Crippen LogP contribution in [-0.4, -0.2) is 47.2 Å². The standard InChI is InChI=1S/C19H29N3O3/c1-4-17(14-8-6-13(3)7-9-14)21-19(25)20-15-10-16(11-15)22(5-2)12-18(23)24/h6-9,15-17H,4-5,10-12H2,1-3H3,(H,23,24)(H2,20,21,25). The number of aryl methyl sites for hydroxylation is 1. The summed E-state index contributed by atoms with van der Waals surface area (Å²) in [5.41, 5.74) is 2.30. The van der Waals surface area contributed by atoms with Gasteiger partial charge in [0.2, 0.25) is 0 Å². The van der Waals surface area contributed by atoms with Crippen LogP contribution in [0.25, 0.3) is 0 Å². The van der Waals surface area contributed by atoms with Crippen LogP contribution in [0.4, 0.5) is 4.79 Å². The highest BCUT2D eigenvalue weighted by Gasteiger charge is 2.34. The molecule has 3 N–H and O–H groups in total. The summed E-state index contributed by atoms with van der Waals surface area (Å²) in [5, 5.41) is 15.0. The summed E-state index contributed by atoms with van der Waals surface area (Å²) in [6.45, 7) is 6.83. The molecule has 1 aliphatic rings. The van der Waals surface area contributed by atoms with Crippen molar-refractivity contribution in [2.24, 2.45) is 0 Å². The maximum Gasteiger partial charge on any atom is 0.317 e. The Morgan fingerprint density at radius 1 is 1.24 bits per heavy atom. The quantitative estimate of drug-likeness (QED) is 0.675. The van der Waals surface area contributed by atoms with E-state index in [2.05, 4.69) is 29.7 Å². The molecule has 1 fully saturated rings. The van der Waals surface area contributed by atoms with Gasteiger partial charge in [0.05, 0.1) is 12.6 Å². The number of carboxylic acid groups (broad SMARTS) is 1. The Kier molecular flexibility index (Phi) is 6.82. The van der Waals surface area contributed by atoms with Crippen LogP contribution in [0.5, 0.6) is 0 Å². The molecule has 1 aromatic carbocycles. The first kappa shape index (κ1) is 19.2. The summed E-state index contributed by atoms with van der Waals surface area (Å²) in [7, 11) is 0. The lowest BCUT2D eigenvalue weighted by molar-refractivity contribution is -0.139. The third kappa shape index (κ3) is 5.46. The van der Waals surface area contributed by atoms with Crippen LogP contribution in [0.15, 0.2) is 24.3 Å². The van der Waals surface area contributed by atoms with Gasteiger partial charge in [-0.15, -0.1) is 0 Å². The molecule has 1 aromatic rings. The predicted molar refractivity (Wildman–Crippen MR) is 97.6 cm³/mol. The highest BCUT2D eigenvalue weighted by Crippen LogP contribution is 2.25. The number of nitrogens with zero attached hydrogens (tertiary/aromatic N) is 1. The molecule has 1 aliphatic carbocycles. The monoisotopic (exact) mass is 347 g/mol. The molecule has 0 spiro atoms. The maximum atomic E-state index is 12.2. The minimum absolute atomic E-state index is 0.00405. The molecular weight excluding hydrogens is 318 g/mol. The van der Waals surface area contributed by atoms with Gasteiger partial charge in [-0.3, -0.25) is 9.69 Å². The van der Waals surface area contributed by atoms with E-state index in [9.17, 15) is 9.59 Å². The molecule has 0 bridgehead atoms. The highest BCUT2D eigenvalue weighted by atomic mass is 16.4. The second-order valence-corrected chi connectivity index (χ2v) is 6.77. The van der Waals surface area contributed by atoms with E-state index >= 15 is 0 Å². The largest absolute Gasteiger partial charge is 0.480 e. The summed E-state index contributed by atoms with van der Waals surface area (Å²) >= 11 is 0. The molecule has 2 amide bonds. The molecule has 138 valence electrons. The summed E-state index contributed by atoms with van der Waals surface area (Å²) in [4.78, 5) is 25.1. The van der Waals surface area contributed by atoms with E-state index in [0.29, 0.717) is 6.54 Å². The summed E-state index contributed by atoms with van der Waals surface area (Å²) < 4.78 is 0. The second-order valence-electron chi connectivity index (χ2n) is 6.77. The van der Waals surface area contributed by atoms with Gasteiger partial charge in [-0.05, 0) is 38.3 Å². The van der Waals surface area contributed by atoms with E-state index in [4.69, 9.17) is 5.11 Å². The molecule has 0 heterocycles. The van der Waals surface area contributed by atoms with E-state index < -0.39 is 5.97 Å². The van der Waals surface area contributed by atoms with Crippen LogP contribution >= 0.6 is 0 Å². The molecule has 1 atom stereocenters. The number of nitrogens with one attached hydrogen (secondary N) is 2. The molecule has 2 rings (SSSR count). The number of carbonyl (C=O) groups excluding carboxylic acids is 1. The van der Waals surface area contributed by atoms with Crippen molar-refractivity contribution in [3.05, 3.63) is 35.4 Å². The van der Waals surface area contributed by atoms with Crippen molar-refractivity contribution < 1.29 is 14.7 Å². The molecule has 6 heteroatoms. The lowest BCUT2D eigenvalue weighted by Crippen LogP contribution is -2.56. The molecule has 1 unspecified atom stereocenters. The fraction of sp³-hybridized carbons (Fsp3) is 0.579. The van der Waals surface area contributed by atoms with Crippen molar-refractivity contribution >= 4 is 12.0 Å². The third-order valence-electron chi connectivity index (χ3n) is 4.90. The van der Waals surface area contributed by atoms with E-state index in [1.807, 2.05) is 30.9 Å². The Balaban J connectivity index is 1.79. The smallest absolute Gasteiger partial charge is 0.317 e. The topological polar surface area (TPSA) is 81.7 Å². The zero-order valence-electron chi connectivity index (χ0n) is 15.3. The van der Waals surface area contributed by atoms with Gasteiger partial charge in [0.1, 0.15) is 0 Å². The number of amides is 2. The van der Waals surface area contributed by atoms with Gasteiger partial charge < -0.3 is 15.7 Å². The predicted octanol–water partition coefficient (Wildman–Crippen LogP) is 2.68. The fourth-order valence-electron chi connectivity index (χ4n) is 3.28. The van der Waals surface area contributed by atoms with Crippen molar-refractivity contribution in [1.29, 1.82) is 0 Å². The van der Waals surface area contributed by atoms with Gasteiger partial charge in [-0.1, -0.05) is 43.7 Å². The second kappa shape index (κ2) is 8.85. The van der Waals surface area contributed by atoms with Crippen LogP contribution in [0.3, 0.4) is 0 Å². The van der Waals surface area contributed by atoms with E-state index in [-0.39, 0.29) is 30.7 Å². The molecule has 0 aromatic heterocycles. The SMILES string of the molecule is CCC(NC(=O)NC1CC(N(CC)CC(=O)O)C1)c1ccc(C)cc1. The van der Waals surface area contributed by atoms with E-state index in [0.717, 1.165) is 24.8 Å². The number of hydrogen-bond acceptors (Lipinski definition) is 3. The maximum absolute atomic E-state index is 12.2. The summed E-state index contributed by atoms with van der Waals surface area (Å²) in [5.74, 6) is -0.806. The number of benzene rings is 1. The van der Waals surface area contributed by atoms with Crippen molar-refractivity contribution in [1.82, 2.24) is 15.5 Å². The molecule has 0 saturated heterocycles. The normalized spacial score (nSPS) is 20.6. The molecule has 0 radical (unpaired) electrons. The van der Waals surface area contributed by atoms with Crippen LogP contribution in [-0.2, 0) is 4.79 Å². The average Bonchev–Trinajstić information content (AvgIpc) is 2.54. The van der Waals surface area contributed by atoms with E-state index in [1.54, 1.807) is 0 Å². The lowest BCUT2D eigenvalue weighted by atomic mass is 9.85. The van der Waals surface area contributed by atoms with Gasteiger partial charge in [0.25, 0.3) is 0 Å². The fourth-order valence-corrected chi connectivity index (χ4v) is 3.28. The number of carboxylic acids is 1. The van der Waals surface area contributed by atoms with Crippen LogP contribution in [0.2, 0.25) is 0 Å². The zero-order chi connectivity index (χ0) is 18.4. The minimum atomic E-state index is -0.806. The van der Waals surface area contributed by atoms with Crippen LogP contribution < -0.4 is 10.6 Å². The Bertz CT molecular complexity index is 582. The van der Waals surface area contributed by atoms with Gasteiger partial charge in [-0.25, -0.2) is 4.79 Å². The Morgan fingerprint density at radius 3 is 2.40 bits per heavy atom. The number of aliphatic carboxylic acids is 1. The van der Waals surface area contributed by atoms with Crippen molar-refractivity contribution in [2.75, 3.05) is 13.1 Å². The molecule has 6 nitrogen and oxygen atoms in total. The first-order chi connectivity index (χ1) is 11.9. The molecule has 1 saturated carbocycles. The highest BCUT2D eigenvalue weighted by molar-refractivity contribution is 5.75. The Hall–Kier alpha value is -2.08. The van der Waals surface area contributed by atoms with Crippen molar-refractivity contribution in [3.63, 3.8) is 0 Å². The number of hydrogen-bond donors (Lipinski definition) is 3. The van der Waals surface area contributed by atoms with Gasteiger partial charge in [-0.2, -0.15) is 0 Å². The summed E-state index contributed by atoms with van der Waals surface area (Å²) in [6.07, 6.45) is 2.43. The molecule has 0 aliphatic heterocycles. The number of likely N-dealkylation sites (N-methyl/N-ethyl adjacent to an activating group) is 1. The minimum Gasteiger partial charge on any atom is -0.480 e. The van der Waals surface area contributed by atoms with Crippen molar-refractivity contribution in [2.45, 2.75) is 58.2 Å². The van der Waals surface area contributed by atoms with Crippen molar-refractivity contribution in [3.8, 4) is 0 Å².